The van der Waals surface area contributed by atoms with Gasteiger partial charge in [-0.15, -0.1) is 0 Å². The molecule has 2 aromatic rings. The van der Waals surface area contributed by atoms with Crippen molar-refractivity contribution in [2.75, 3.05) is 13.2 Å². The number of pyridine rings is 1. The maximum Gasteiger partial charge on any atom is 0.416 e. The van der Waals surface area contributed by atoms with Gasteiger partial charge in [-0.1, -0.05) is 36.6 Å². The van der Waals surface area contributed by atoms with E-state index in [1.165, 1.54) is 31.4 Å². The van der Waals surface area contributed by atoms with E-state index in [2.05, 4.69) is 15.2 Å². The number of hydrazine groups is 1. The highest BCUT2D eigenvalue weighted by atomic mass is 19.4. The van der Waals surface area contributed by atoms with Crippen LogP contribution >= 0.6 is 0 Å². The van der Waals surface area contributed by atoms with Crippen molar-refractivity contribution in [1.82, 2.24) is 9.99 Å². The Labute approximate surface area is 202 Å². The molecule has 0 amide bonds. The molecule has 3 rings (SSSR count). The highest BCUT2D eigenvalue weighted by Crippen LogP contribution is 2.29. The lowest BCUT2D eigenvalue weighted by molar-refractivity contribution is -0.137. The smallest absolute Gasteiger partial charge is 0.416 e. The molecule has 1 aromatic carbocycles. The maximum atomic E-state index is 12.6. The Morgan fingerprint density at radius 1 is 1.11 bits per heavy atom. The number of amidine groups is 1. The Morgan fingerprint density at radius 3 is 2.43 bits per heavy atom. The summed E-state index contributed by atoms with van der Waals surface area (Å²) in [5.41, 5.74) is 1.13. The average Bonchev–Trinajstić information content (AvgIpc) is 2.85. The molecule has 1 saturated carbocycles. The van der Waals surface area contributed by atoms with Crippen molar-refractivity contribution >= 4 is 11.5 Å². The van der Waals surface area contributed by atoms with Crippen molar-refractivity contribution in [3.05, 3.63) is 59.3 Å². The number of rotatable bonds is 9. The molecule has 35 heavy (non-hydrogen) atoms. The summed E-state index contributed by atoms with van der Waals surface area (Å²) in [7, 11) is 0. The number of nitrogens with zero attached hydrogens (tertiary/aromatic N) is 4. The van der Waals surface area contributed by atoms with Gasteiger partial charge in [0.15, 0.2) is 12.4 Å². The number of benzene rings is 1. The molecule has 1 fully saturated rings. The molecule has 0 unspecified atom stereocenters. The zero-order valence-corrected chi connectivity index (χ0v) is 19.7. The van der Waals surface area contributed by atoms with Crippen molar-refractivity contribution < 1.29 is 22.7 Å². The molecule has 11 heteroatoms. The molecule has 0 saturated heterocycles. The van der Waals surface area contributed by atoms with Crippen LogP contribution in [0.5, 0.6) is 5.88 Å². The van der Waals surface area contributed by atoms with Crippen LogP contribution in [0.2, 0.25) is 0 Å². The van der Waals surface area contributed by atoms with E-state index in [-0.39, 0.29) is 13.2 Å². The normalized spacial score (nSPS) is 15.7. The Hall–Kier alpha value is -3.34. The number of ether oxygens (including phenoxy) is 1. The summed E-state index contributed by atoms with van der Waals surface area (Å²) in [6.07, 6.45) is 3.26. The molecule has 190 valence electrons. The van der Waals surface area contributed by atoms with E-state index >= 15 is 0 Å². The van der Waals surface area contributed by atoms with Crippen LogP contribution in [0.15, 0.2) is 52.9 Å². The van der Waals surface area contributed by atoms with Crippen molar-refractivity contribution in [3.8, 4) is 5.88 Å². The van der Waals surface area contributed by atoms with E-state index in [4.69, 9.17) is 21.3 Å². The molecule has 0 aliphatic heterocycles. The lowest BCUT2D eigenvalue weighted by Gasteiger charge is -2.28. The number of alkyl halides is 3. The first kappa shape index (κ1) is 26.3. The molecular formula is C24H31F3N6O2. The molecular weight excluding hydrogens is 461 g/mol. The Morgan fingerprint density at radius 2 is 1.83 bits per heavy atom. The largest absolute Gasteiger partial charge is 0.469 e. The summed E-state index contributed by atoms with van der Waals surface area (Å²) in [5.74, 6) is 13.0. The molecule has 4 N–H and O–H groups in total. The van der Waals surface area contributed by atoms with E-state index in [1.54, 1.807) is 30.3 Å². The van der Waals surface area contributed by atoms with Crippen LogP contribution in [0.1, 0.15) is 55.7 Å². The minimum Gasteiger partial charge on any atom is -0.469 e. The highest BCUT2D eigenvalue weighted by molar-refractivity contribution is 5.98. The molecule has 1 aliphatic carbocycles. The van der Waals surface area contributed by atoms with Gasteiger partial charge in [-0.3, -0.25) is 5.01 Å². The van der Waals surface area contributed by atoms with Gasteiger partial charge in [0.05, 0.1) is 11.3 Å². The molecule has 1 aromatic heterocycles. The number of oxime groups is 1. The van der Waals surface area contributed by atoms with Gasteiger partial charge < -0.3 is 15.4 Å². The minimum atomic E-state index is -4.37. The zero-order valence-electron chi connectivity index (χ0n) is 19.7. The SMILES string of the molecule is C/C(=N\OCc1ccc(C(F)(F)F)cc1)c1ccc(OC/C(=N/N)N(N)CC2CCCCC2)nc1. The fourth-order valence-corrected chi connectivity index (χ4v) is 3.81. The predicted octanol–water partition coefficient (Wildman–Crippen LogP) is 4.45. The highest BCUT2D eigenvalue weighted by Gasteiger charge is 2.29. The van der Waals surface area contributed by atoms with Gasteiger partial charge in [-0.05, 0) is 49.4 Å². The van der Waals surface area contributed by atoms with Crippen LogP contribution in [-0.4, -0.2) is 34.7 Å². The van der Waals surface area contributed by atoms with Gasteiger partial charge in [0.2, 0.25) is 5.88 Å². The summed E-state index contributed by atoms with van der Waals surface area (Å²) in [6, 6.07) is 8.19. The topological polar surface area (TPSA) is 111 Å². The van der Waals surface area contributed by atoms with Crippen LogP contribution in [0.4, 0.5) is 13.2 Å². The van der Waals surface area contributed by atoms with Crippen molar-refractivity contribution in [1.29, 1.82) is 0 Å². The van der Waals surface area contributed by atoms with Crippen LogP contribution < -0.4 is 16.4 Å². The average molecular weight is 493 g/mol. The fourth-order valence-electron chi connectivity index (χ4n) is 3.81. The van der Waals surface area contributed by atoms with Crippen molar-refractivity contribution in [3.63, 3.8) is 0 Å². The number of aromatic nitrogens is 1. The quantitative estimate of drug-likeness (QED) is 0.232. The predicted molar refractivity (Wildman–Crippen MR) is 127 cm³/mol. The van der Waals surface area contributed by atoms with Gasteiger partial charge in [-0.2, -0.15) is 18.3 Å². The Kier molecular flexibility index (Phi) is 9.30. The third-order valence-corrected chi connectivity index (χ3v) is 5.88. The minimum absolute atomic E-state index is 0.0434. The lowest BCUT2D eigenvalue weighted by atomic mass is 9.89. The number of hydrogen-bond acceptors (Lipinski definition) is 7. The van der Waals surface area contributed by atoms with Crippen LogP contribution in [0.25, 0.3) is 0 Å². The number of hydrogen-bond donors (Lipinski definition) is 2. The summed E-state index contributed by atoms with van der Waals surface area (Å²) in [6.45, 7) is 2.56. The third kappa shape index (κ3) is 8.13. The monoisotopic (exact) mass is 492 g/mol. The number of nitrogens with two attached hydrogens (primary N) is 2. The third-order valence-electron chi connectivity index (χ3n) is 5.88. The molecule has 1 heterocycles. The maximum absolute atomic E-state index is 12.6. The first-order chi connectivity index (χ1) is 16.8. The van der Waals surface area contributed by atoms with Gasteiger partial charge in [-0.25, -0.2) is 10.8 Å². The van der Waals surface area contributed by atoms with Crippen LogP contribution in [-0.2, 0) is 17.6 Å². The van der Waals surface area contributed by atoms with Gasteiger partial charge in [0.25, 0.3) is 0 Å². The second kappa shape index (κ2) is 12.4. The van der Waals surface area contributed by atoms with E-state index in [9.17, 15) is 13.2 Å². The number of halogens is 3. The molecule has 8 nitrogen and oxygen atoms in total. The van der Waals surface area contributed by atoms with Gasteiger partial charge in [0, 0.05) is 24.4 Å². The first-order valence-electron chi connectivity index (χ1n) is 11.5. The Bertz CT molecular complexity index is 988. The molecule has 0 radical (unpaired) electrons. The zero-order chi connectivity index (χ0) is 25.3. The summed E-state index contributed by atoms with van der Waals surface area (Å²) >= 11 is 0. The molecule has 1 aliphatic rings. The van der Waals surface area contributed by atoms with Gasteiger partial charge in [0.1, 0.15) is 6.61 Å². The van der Waals surface area contributed by atoms with E-state index in [0.29, 0.717) is 41.0 Å². The lowest BCUT2D eigenvalue weighted by Crippen LogP contribution is -2.44. The van der Waals surface area contributed by atoms with Crippen molar-refractivity contribution in [2.24, 2.45) is 27.9 Å². The molecule has 0 atom stereocenters. The van der Waals surface area contributed by atoms with Gasteiger partial charge >= 0.3 is 6.18 Å². The van der Waals surface area contributed by atoms with E-state index in [0.717, 1.165) is 25.0 Å². The van der Waals surface area contributed by atoms with Crippen molar-refractivity contribution in [2.45, 2.75) is 51.8 Å². The molecule has 0 bridgehead atoms. The van der Waals surface area contributed by atoms with E-state index in [1.807, 2.05) is 0 Å². The second-order valence-corrected chi connectivity index (χ2v) is 8.52. The second-order valence-electron chi connectivity index (χ2n) is 8.52. The number of hydrazone groups is 1. The summed E-state index contributed by atoms with van der Waals surface area (Å²) in [4.78, 5) is 9.53. The van der Waals surface area contributed by atoms with E-state index < -0.39 is 11.7 Å². The first-order valence-corrected chi connectivity index (χ1v) is 11.5. The summed E-state index contributed by atoms with van der Waals surface area (Å²) < 4.78 is 43.6. The Balaban J connectivity index is 1.47. The van der Waals surface area contributed by atoms with Crippen LogP contribution in [0, 0.1) is 5.92 Å². The standard InChI is InChI=1S/C24H31F3N6O2/c1-17(32-35-15-19-7-10-21(11-8-19)24(25,26)27)20-9-12-23(30-13-20)34-16-22(31-28)33(29)14-18-5-3-2-4-6-18/h7-13,18H,2-6,14-16,28-29H2,1H3/b31-22-,32-17+. The van der Waals surface area contributed by atoms with Crippen LogP contribution in [0.3, 0.4) is 0 Å². The fraction of sp³-hybridized carbons (Fsp3) is 0.458. The molecule has 0 spiro atoms. The summed E-state index contributed by atoms with van der Waals surface area (Å²) in [5, 5.41) is 9.33.